The van der Waals surface area contributed by atoms with E-state index in [1.807, 2.05) is 53.6 Å². The van der Waals surface area contributed by atoms with Gasteiger partial charge in [-0.2, -0.15) is 0 Å². The van der Waals surface area contributed by atoms with Crippen molar-refractivity contribution in [3.05, 3.63) is 66.1 Å². The van der Waals surface area contributed by atoms with Gasteiger partial charge in [0.05, 0.1) is 29.6 Å². The molecule has 180 valence electrons. The summed E-state index contributed by atoms with van der Waals surface area (Å²) in [4.78, 5) is 27.7. The number of amides is 1. The number of hydrogen-bond donors (Lipinski definition) is 1. The third kappa shape index (κ3) is 3.70. The number of carbonyl (C=O) groups is 1. The lowest BCUT2D eigenvalue weighted by Crippen LogP contribution is -2.26. The van der Waals surface area contributed by atoms with Gasteiger partial charge in [-0.15, -0.1) is 5.10 Å². The van der Waals surface area contributed by atoms with Gasteiger partial charge in [0.2, 0.25) is 0 Å². The fourth-order valence-electron chi connectivity index (χ4n) is 4.40. The van der Waals surface area contributed by atoms with Crippen LogP contribution in [0.3, 0.4) is 0 Å². The van der Waals surface area contributed by atoms with E-state index in [9.17, 15) is 4.79 Å². The van der Waals surface area contributed by atoms with Crippen LogP contribution in [0.25, 0.3) is 43.0 Å². The van der Waals surface area contributed by atoms with Crippen LogP contribution in [0.5, 0.6) is 0 Å². The molecule has 36 heavy (non-hydrogen) atoms. The van der Waals surface area contributed by atoms with Crippen molar-refractivity contribution >= 4 is 49.7 Å². The van der Waals surface area contributed by atoms with Crippen molar-refractivity contribution in [1.29, 1.82) is 0 Å². The molecule has 0 saturated heterocycles. The predicted octanol–water partition coefficient (Wildman–Crippen LogP) is 5.06. The number of pyridine rings is 1. The molecule has 0 spiro atoms. The van der Waals surface area contributed by atoms with E-state index in [0.29, 0.717) is 11.1 Å². The second kappa shape index (κ2) is 8.49. The third-order valence-electron chi connectivity index (χ3n) is 6.31. The van der Waals surface area contributed by atoms with Crippen LogP contribution in [0.2, 0.25) is 0 Å². The van der Waals surface area contributed by atoms with Gasteiger partial charge in [0.1, 0.15) is 26.4 Å². The third-order valence-corrected chi connectivity index (χ3v) is 7.32. The number of aromatic nitrogens is 7. The molecule has 9 nitrogen and oxygen atoms in total. The van der Waals surface area contributed by atoms with E-state index in [1.54, 1.807) is 29.9 Å². The van der Waals surface area contributed by atoms with Gasteiger partial charge in [-0.1, -0.05) is 34.7 Å². The number of nitrogens with zero attached hydrogens (tertiary/aromatic N) is 7. The molecule has 4 aromatic heterocycles. The minimum Gasteiger partial charge on any atom is -0.346 e. The maximum atomic E-state index is 13.0. The number of rotatable bonds is 5. The van der Waals surface area contributed by atoms with Crippen molar-refractivity contribution < 1.29 is 4.79 Å². The molecule has 2 aromatic carbocycles. The van der Waals surface area contributed by atoms with Gasteiger partial charge in [-0.3, -0.25) is 4.79 Å². The topological polar surface area (TPSA) is 103 Å². The smallest absolute Gasteiger partial charge is 0.251 e. The van der Waals surface area contributed by atoms with Gasteiger partial charge in [-0.05, 0) is 50.6 Å². The van der Waals surface area contributed by atoms with E-state index in [4.69, 9.17) is 4.98 Å². The molecule has 0 radical (unpaired) electrons. The van der Waals surface area contributed by atoms with E-state index < -0.39 is 0 Å². The summed E-state index contributed by atoms with van der Waals surface area (Å²) >= 11 is 1.55. The zero-order valence-corrected chi connectivity index (χ0v) is 21.1. The molecule has 0 bridgehead atoms. The van der Waals surface area contributed by atoms with Gasteiger partial charge < -0.3 is 9.88 Å². The number of hydrogen-bond acceptors (Lipinski definition) is 7. The Morgan fingerprint density at radius 3 is 2.75 bits per heavy atom. The van der Waals surface area contributed by atoms with Gasteiger partial charge in [0.25, 0.3) is 5.91 Å². The summed E-state index contributed by atoms with van der Waals surface area (Å²) in [6, 6.07) is 13.6. The van der Waals surface area contributed by atoms with E-state index in [2.05, 4.69) is 45.5 Å². The summed E-state index contributed by atoms with van der Waals surface area (Å²) < 4.78 is 3.82. The van der Waals surface area contributed by atoms with Gasteiger partial charge >= 0.3 is 0 Å². The van der Waals surface area contributed by atoms with E-state index in [1.165, 1.54) is 0 Å². The highest BCUT2D eigenvalue weighted by molar-refractivity contribution is 7.21. The number of aryl methyl sites for hydroxylation is 1. The van der Waals surface area contributed by atoms with Crippen molar-refractivity contribution in [2.75, 3.05) is 0 Å². The fraction of sp³-hybridized carbons (Fsp3) is 0.231. The van der Waals surface area contributed by atoms with E-state index in [0.717, 1.165) is 43.0 Å². The minimum absolute atomic E-state index is 0.156. The highest BCUT2D eigenvalue weighted by atomic mass is 32.1. The second-order valence-electron chi connectivity index (χ2n) is 9.17. The monoisotopic (exact) mass is 496 g/mol. The Balaban J connectivity index is 1.26. The SMILES string of the molecule is CC(C)n1nnc2cc(C(=O)N[C@@H](C)c3cccc(-c4nc5c(ncc6ncn(C)c65)s4)c3)ccc21. The van der Waals surface area contributed by atoms with E-state index >= 15 is 0 Å². The molecule has 0 unspecified atom stereocenters. The number of imidazole rings is 1. The standard InChI is InChI=1S/C26H24N8OS/c1-14(2)34-21-9-8-17(11-19(21)31-32-34)24(35)29-15(3)16-6-5-7-18(10-16)25-30-22-23-20(28-13-33(23)4)12-27-26(22)36-25/h5-15H,1-4H3,(H,29,35)/t15-/m0/s1. The first-order valence-corrected chi connectivity index (χ1v) is 12.5. The van der Waals surface area contributed by atoms with Crippen LogP contribution in [-0.4, -0.2) is 40.4 Å². The molecular weight excluding hydrogens is 472 g/mol. The van der Waals surface area contributed by atoms with Gasteiger partial charge in [-0.25, -0.2) is 19.6 Å². The summed E-state index contributed by atoms with van der Waals surface area (Å²) in [5, 5.41) is 12.4. The summed E-state index contributed by atoms with van der Waals surface area (Å²) in [7, 11) is 1.96. The van der Waals surface area contributed by atoms with Crippen molar-refractivity contribution in [3.63, 3.8) is 0 Å². The Hall–Kier alpha value is -4.18. The first kappa shape index (κ1) is 22.3. The summed E-state index contributed by atoms with van der Waals surface area (Å²) in [6.45, 7) is 6.08. The van der Waals surface area contributed by atoms with Crippen LogP contribution in [0, 0.1) is 0 Å². The van der Waals surface area contributed by atoms with Crippen molar-refractivity contribution in [1.82, 2.24) is 39.8 Å². The number of benzene rings is 2. The number of thiazole rings is 1. The molecule has 0 aliphatic heterocycles. The maximum Gasteiger partial charge on any atom is 0.251 e. The van der Waals surface area contributed by atoms with Gasteiger partial charge in [0, 0.05) is 24.2 Å². The Morgan fingerprint density at radius 1 is 1.06 bits per heavy atom. The second-order valence-corrected chi connectivity index (χ2v) is 10.1. The Morgan fingerprint density at radius 2 is 1.92 bits per heavy atom. The van der Waals surface area contributed by atoms with Crippen LogP contribution in [0.15, 0.2) is 55.0 Å². The lowest BCUT2D eigenvalue weighted by atomic mass is 10.0. The fourth-order valence-corrected chi connectivity index (χ4v) is 5.31. The van der Waals surface area contributed by atoms with Crippen LogP contribution in [0.1, 0.15) is 48.8 Å². The lowest BCUT2D eigenvalue weighted by molar-refractivity contribution is 0.0940. The molecule has 0 aliphatic rings. The first-order chi connectivity index (χ1) is 17.4. The molecule has 0 saturated carbocycles. The predicted molar refractivity (Wildman–Crippen MR) is 141 cm³/mol. The summed E-state index contributed by atoms with van der Waals surface area (Å²) in [5.41, 5.74) is 6.81. The van der Waals surface area contributed by atoms with Crippen molar-refractivity contribution in [3.8, 4) is 10.6 Å². The molecule has 6 rings (SSSR count). The normalized spacial score (nSPS) is 12.7. The largest absolute Gasteiger partial charge is 0.346 e. The number of carbonyl (C=O) groups excluding carboxylic acids is 1. The molecule has 4 heterocycles. The molecule has 0 fully saturated rings. The Bertz CT molecular complexity index is 1760. The van der Waals surface area contributed by atoms with Crippen LogP contribution in [0.4, 0.5) is 0 Å². The maximum absolute atomic E-state index is 13.0. The van der Waals surface area contributed by atoms with Crippen LogP contribution < -0.4 is 5.32 Å². The van der Waals surface area contributed by atoms with Crippen molar-refractivity contribution in [2.45, 2.75) is 32.9 Å². The van der Waals surface area contributed by atoms with E-state index in [-0.39, 0.29) is 18.0 Å². The molecule has 1 N–H and O–H groups in total. The zero-order valence-electron chi connectivity index (χ0n) is 20.3. The minimum atomic E-state index is -0.198. The van der Waals surface area contributed by atoms with Crippen LogP contribution >= 0.6 is 11.3 Å². The molecule has 0 aliphatic carbocycles. The Kier molecular flexibility index (Phi) is 5.26. The first-order valence-electron chi connectivity index (χ1n) is 11.7. The average molecular weight is 497 g/mol. The summed E-state index contributed by atoms with van der Waals surface area (Å²) in [5.74, 6) is -0.156. The van der Waals surface area contributed by atoms with Crippen molar-refractivity contribution in [2.24, 2.45) is 7.05 Å². The highest BCUT2D eigenvalue weighted by Gasteiger charge is 2.17. The molecular formula is C26H24N8OS. The average Bonchev–Trinajstić information content (AvgIpc) is 3.59. The Labute approximate surface area is 210 Å². The van der Waals surface area contributed by atoms with Crippen LogP contribution in [-0.2, 0) is 7.05 Å². The number of nitrogens with one attached hydrogen (secondary N) is 1. The molecule has 1 amide bonds. The number of fused-ring (bicyclic) bond motifs is 4. The zero-order chi connectivity index (χ0) is 25.0. The molecule has 10 heteroatoms. The highest BCUT2D eigenvalue weighted by Crippen LogP contribution is 2.33. The molecule has 6 aromatic rings. The van der Waals surface area contributed by atoms with Gasteiger partial charge in [0.15, 0.2) is 0 Å². The molecule has 1 atom stereocenters. The summed E-state index contributed by atoms with van der Waals surface area (Å²) in [6.07, 6.45) is 3.56. The quantitative estimate of drug-likeness (QED) is 0.358. The lowest BCUT2D eigenvalue weighted by Gasteiger charge is -2.15.